The quantitative estimate of drug-likeness (QED) is 0.216. The van der Waals surface area contributed by atoms with Gasteiger partial charge in [0.15, 0.2) is 0 Å². The van der Waals surface area contributed by atoms with Crippen molar-refractivity contribution in [3.63, 3.8) is 0 Å². The second-order valence-electron chi connectivity index (χ2n) is 8.75. The van der Waals surface area contributed by atoms with Crippen molar-refractivity contribution in [1.29, 1.82) is 0 Å². The Morgan fingerprint density at radius 1 is 0.811 bits per heavy atom. The standard InChI is InChI=1S/C28H31N3O6/c29-31-30-16-15-20-11-13-23(14-12-20)36-28-27(35-18-22-9-5-2-6-10-22)26(33)25(32)24(37-28)19-34-17-21-7-3-1-4-8-21/h1-14,24-28,32-33H,15-19H2/t24?,25-,26?,27?,28+/m0/s1. The Morgan fingerprint density at radius 3 is 2.11 bits per heavy atom. The fourth-order valence-corrected chi connectivity index (χ4v) is 4.04. The van der Waals surface area contributed by atoms with Gasteiger partial charge in [0.05, 0.1) is 19.8 Å². The molecular formula is C28H31N3O6. The maximum atomic E-state index is 11.0. The van der Waals surface area contributed by atoms with Crippen LogP contribution in [0.4, 0.5) is 0 Å². The summed E-state index contributed by atoms with van der Waals surface area (Å²) in [7, 11) is 0. The van der Waals surface area contributed by atoms with Crippen LogP contribution in [0, 0.1) is 0 Å². The van der Waals surface area contributed by atoms with Crippen molar-refractivity contribution in [1.82, 2.24) is 0 Å². The van der Waals surface area contributed by atoms with Crippen LogP contribution < -0.4 is 4.74 Å². The number of hydrogen-bond acceptors (Lipinski definition) is 7. The van der Waals surface area contributed by atoms with E-state index >= 15 is 0 Å². The van der Waals surface area contributed by atoms with Crippen LogP contribution in [0.15, 0.2) is 90.0 Å². The minimum Gasteiger partial charge on any atom is -0.462 e. The van der Waals surface area contributed by atoms with Crippen LogP contribution in [0.3, 0.4) is 0 Å². The Hall–Kier alpha value is -3.43. The molecule has 3 unspecified atom stereocenters. The molecular weight excluding hydrogens is 474 g/mol. The first-order valence-corrected chi connectivity index (χ1v) is 12.2. The predicted molar refractivity (Wildman–Crippen MR) is 137 cm³/mol. The average molecular weight is 506 g/mol. The van der Waals surface area contributed by atoms with Gasteiger partial charge < -0.3 is 29.2 Å². The molecule has 0 aliphatic carbocycles. The van der Waals surface area contributed by atoms with Gasteiger partial charge >= 0.3 is 0 Å². The van der Waals surface area contributed by atoms with Gasteiger partial charge in [-0.2, -0.15) is 0 Å². The number of rotatable bonds is 12. The molecule has 1 aliphatic rings. The molecule has 1 saturated heterocycles. The SMILES string of the molecule is [N-]=[N+]=NCCc1ccc(O[C@@H]2OC(COCc3ccccc3)[C@H](O)C(O)C2OCc2ccccc2)cc1. The van der Waals surface area contributed by atoms with E-state index in [9.17, 15) is 10.2 Å². The Balaban J connectivity index is 1.43. The Kier molecular flexibility index (Phi) is 9.90. The lowest BCUT2D eigenvalue weighted by atomic mass is 9.99. The molecule has 4 rings (SSSR count). The van der Waals surface area contributed by atoms with Gasteiger partial charge in [0.25, 0.3) is 0 Å². The summed E-state index contributed by atoms with van der Waals surface area (Å²) in [5.74, 6) is 0.512. The molecule has 194 valence electrons. The van der Waals surface area contributed by atoms with E-state index in [1.165, 1.54) is 0 Å². The molecule has 9 heteroatoms. The maximum Gasteiger partial charge on any atom is 0.229 e. The fraction of sp³-hybridized carbons (Fsp3) is 0.357. The van der Waals surface area contributed by atoms with E-state index in [1.807, 2.05) is 72.8 Å². The summed E-state index contributed by atoms with van der Waals surface area (Å²) in [5, 5.41) is 25.3. The molecule has 1 heterocycles. The largest absolute Gasteiger partial charge is 0.462 e. The third-order valence-corrected chi connectivity index (χ3v) is 6.06. The Morgan fingerprint density at radius 2 is 1.46 bits per heavy atom. The van der Waals surface area contributed by atoms with Gasteiger partial charge in [-0.1, -0.05) is 77.9 Å². The number of aliphatic hydroxyl groups is 2. The molecule has 1 fully saturated rings. The van der Waals surface area contributed by atoms with Gasteiger partial charge in [-0.05, 0) is 40.8 Å². The highest BCUT2D eigenvalue weighted by Crippen LogP contribution is 2.28. The van der Waals surface area contributed by atoms with E-state index in [0.717, 1.165) is 16.7 Å². The Bertz CT molecular complexity index is 1120. The predicted octanol–water partition coefficient (Wildman–Crippen LogP) is 4.17. The van der Waals surface area contributed by atoms with E-state index in [1.54, 1.807) is 12.1 Å². The number of azide groups is 1. The summed E-state index contributed by atoms with van der Waals surface area (Å²) < 4.78 is 24.0. The van der Waals surface area contributed by atoms with Crippen molar-refractivity contribution in [2.75, 3.05) is 13.2 Å². The minimum atomic E-state index is -1.25. The first-order chi connectivity index (χ1) is 18.1. The van der Waals surface area contributed by atoms with Gasteiger partial charge in [0.2, 0.25) is 6.29 Å². The number of benzene rings is 3. The molecule has 0 bridgehead atoms. The van der Waals surface area contributed by atoms with E-state index in [0.29, 0.717) is 25.3 Å². The minimum absolute atomic E-state index is 0.0662. The second-order valence-corrected chi connectivity index (χ2v) is 8.75. The molecule has 0 spiro atoms. The molecule has 0 aromatic heterocycles. The summed E-state index contributed by atoms with van der Waals surface area (Å²) in [6, 6.07) is 26.5. The highest BCUT2D eigenvalue weighted by atomic mass is 16.7. The third-order valence-electron chi connectivity index (χ3n) is 6.06. The molecule has 3 aromatic rings. The lowest BCUT2D eigenvalue weighted by Gasteiger charge is -2.42. The Labute approximate surface area is 215 Å². The van der Waals surface area contributed by atoms with Crippen molar-refractivity contribution in [2.24, 2.45) is 5.11 Å². The second kappa shape index (κ2) is 13.8. The van der Waals surface area contributed by atoms with Gasteiger partial charge in [0, 0.05) is 11.5 Å². The number of nitrogens with zero attached hydrogens (tertiary/aromatic N) is 3. The lowest BCUT2D eigenvalue weighted by Crippen LogP contribution is -2.61. The molecule has 0 saturated carbocycles. The zero-order valence-corrected chi connectivity index (χ0v) is 20.4. The first kappa shape index (κ1) is 26.6. The van der Waals surface area contributed by atoms with Crippen LogP contribution in [-0.2, 0) is 33.8 Å². The first-order valence-electron chi connectivity index (χ1n) is 12.2. The van der Waals surface area contributed by atoms with Crippen LogP contribution in [0.25, 0.3) is 10.4 Å². The van der Waals surface area contributed by atoms with Crippen LogP contribution in [0.1, 0.15) is 16.7 Å². The van der Waals surface area contributed by atoms with Crippen LogP contribution in [0.2, 0.25) is 0 Å². The summed E-state index contributed by atoms with van der Waals surface area (Å²) in [6.45, 7) is 0.996. The van der Waals surface area contributed by atoms with Crippen molar-refractivity contribution in [3.8, 4) is 5.75 Å². The molecule has 1 aliphatic heterocycles. The average Bonchev–Trinajstić information content (AvgIpc) is 2.93. The van der Waals surface area contributed by atoms with E-state index < -0.39 is 30.7 Å². The van der Waals surface area contributed by atoms with E-state index in [2.05, 4.69) is 10.0 Å². The summed E-state index contributed by atoms with van der Waals surface area (Å²) in [6.07, 6.45) is -4.61. The lowest BCUT2D eigenvalue weighted by molar-refractivity contribution is -0.292. The third kappa shape index (κ3) is 7.77. The summed E-state index contributed by atoms with van der Waals surface area (Å²) in [5.41, 5.74) is 11.3. The molecule has 0 amide bonds. The summed E-state index contributed by atoms with van der Waals surface area (Å²) >= 11 is 0. The maximum absolute atomic E-state index is 11.0. The molecule has 2 N–H and O–H groups in total. The van der Waals surface area contributed by atoms with E-state index in [-0.39, 0.29) is 13.2 Å². The molecule has 37 heavy (non-hydrogen) atoms. The van der Waals surface area contributed by atoms with E-state index in [4.69, 9.17) is 24.5 Å². The fourth-order valence-electron chi connectivity index (χ4n) is 4.04. The molecule has 3 aromatic carbocycles. The topological polar surface area (TPSA) is 126 Å². The number of ether oxygens (including phenoxy) is 4. The van der Waals surface area contributed by atoms with Gasteiger partial charge in [-0.3, -0.25) is 0 Å². The van der Waals surface area contributed by atoms with Crippen LogP contribution in [-0.4, -0.2) is 54.1 Å². The highest BCUT2D eigenvalue weighted by Gasteiger charge is 2.46. The number of aliphatic hydroxyl groups excluding tert-OH is 2. The van der Waals surface area contributed by atoms with Crippen molar-refractivity contribution in [2.45, 2.75) is 50.3 Å². The molecule has 9 nitrogen and oxygen atoms in total. The van der Waals surface area contributed by atoms with Crippen LogP contribution >= 0.6 is 0 Å². The summed E-state index contributed by atoms with van der Waals surface area (Å²) in [4.78, 5) is 2.77. The van der Waals surface area contributed by atoms with Gasteiger partial charge in [-0.15, -0.1) is 0 Å². The zero-order valence-electron chi connectivity index (χ0n) is 20.4. The van der Waals surface area contributed by atoms with Crippen molar-refractivity contribution >= 4 is 0 Å². The van der Waals surface area contributed by atoms with Crippen molar-refractivity contribution in [3.05, 3.63) is 112 Å². The highest BCUT2D eigenvalue weighted by molar-refractivity contribution is 5.28. The monoisotopic (exact) mass is 505 g/mol. The zero-order chi connectivity index (χ0) is 25.9. The number of hydrogen-bond donors (Lipinski definition) is 2. The van der Waals surface area contributed by atoms with Crippen LogP contribution in [0.5, 0.6) is 5.75 Å². The smallest absolute Gasteiger partial charge is 0.229 e. The molecule has 5 atom stereocenters. The normalized spacial score (nSPS) is 23.2. The van der Waals surface area contributed by atoms with Crippen molar-refractivity contribution < 1.29 is 29.2 Å². The molecule has 0 radical (unpaired) electrons. The van der Waals surface area contributed by atoms with Gasteiger partial charge in [-0.25, -0.2) is 0 Å². The van der Waals surface area contributed by atoms with Gasteiger partial charge in [0.1, 0.15) is 30.2 Å².